The van der Waals surface area contributed by atoms with Gasteiger partial charge in [0.1, 0.15) is 5.69 Å². The van der Waals surface area contributed by atoms with Gasteiger partial charge < -0.3 is 10.2 Å². The summed E-state index contributed by atoms with van der Waals surface area (Å²) < 4.78 is 0. The van der Waals surface area contributed by atoms with Crippen molar-refractivity contribution >= 4 is 17.5 Å². The first-order valence-electron chi connectivity index (χ1n) is 7.69. The van der Waals surface area contributed by atoms with Crippen LogP contribution in [0.25, 0.3) is 0 Å². The fraction of sp³-hybridized carbons (Fsp3) is 0.353. The average molecular weight is 296 g/mol. The number of aromatic nitrogens is 2. The lowest BCUT2D eigenvalue weighted by Crippen LogP contribution is -2.31. The smallest absolute Gasteiger partial charge is 0.274 e. The number of anilines is 2. The molecule has 2 aromatic rings. The third-order valence-electron chi connectivity index (χ3n) is 3.91. The number of hydrogen-bond donors (Lipinski definition) is 1. The van der Waals surface area contributed by atoms with Crippen molar-refractivity contribution < 1.29 is 4.79 Å². The third-order valence-corrected chi connectivity index (χ3v) is 3.91. The molecule has 5 heteroatoms. The normalized spacial score (nSPS) is 14.7. The largest absolute Gasteiger partial charge is 0.341 e. The zero-order valence-electron chi connectivity index (χ0n) is 12.7. The van der Waals surface area contributed by atoms with Crippen LogP contribution in [0.5, 0.6) is 0 Å². The number of amides is 1. The highest BCUT2D eigenvalue weighted by Crippen LogP contribution is 2.17. The van der Waals surface area contributed by atoms with E-state index >= 15 is 0 Å². The Kier molecular flexibility index (Phi) is 4.32. The monoisotopic (exact) mass is 296 g/mol. The number of nitrogens with zero attached hydrogens (tertiary/aromatic N) is 3. The molecular formula is C17H20N4O. The molecule has 0 unspecified atom stereocenters. The molecular weight excluding hydrogens is 276 g/mol. The molecule has 1 saturated heterocycles. The molecule has 1 fully saturated rings. The van der Waals surface area contributed by atoms with Gasteiger partial charge in [-0.15, -0.1) is 0 Å². The van der Waals surface area contributed by atoms with Gasteiger partial charge in [-0.2, -0.15) is 0 Å². The fourth-order valence-electron chi connectivity index (χ4n) is 2.62. The lowest BCUT2D eigenvalue weighted by molar-refractivity contribution is 0.102. The number of benzene rings is 1. The van der Waals surface area contributed by atoms with Gasteiger partial charge in [0.15, 0.2) is 0 Å². The Morgan fingerprint density at radius 1 is 1.14 bits per heavy atom. The zero-order valence-corrected chi connectivity index (χ0v) is 12.7. The van der Waals surface area contributed by atoms with E-state index in [1.54, 1.807) is 12.3 Å². The van der Waals surface area contributed by atoms with Gasteiger partial charge in [-0.1, -0.05) is 18.2 Å². The minimum atomic E-state index is -0.199. The Bertz CT molecular complexity index is 665. The third kappa shape index (κ3) is 3.24. The fourth-order valence-corrected chi connectivity index (χ4v) is 2.62. The Balaban J connectivity index is 1.76. The predicted molar refractivity (Wildman–Crippen MR) is 87.2 cm³/mol. The van der Waals surface area contributed by atoms with Crippen molar-refractivity contribution in [2.75, 3.05) is 23.3 Å². The van der Waals surface area contributed by atoms with E-state index in [4.69, 9.17) is 0 Å². The lowest BCUT2D eigenvalue weighted by Gasteiger charge is -2.26. The van der Waals surface area contributed by atoms with Crippen LogP contribution in [0.2, 0.25) is 0 Å². The Hall–Kier alpha value is -2.43. The highest BCUT2D eigenvalue weighted by molar-refractivity contribution is 6.03. The van der Waals surface area contributed by atoms with Crippen LogP contribution in [0.4, 0.5) is 11.6 Å². The molecule has 0 bridgehead atoms. The number of hydrogen-bond acceptors (Lipinski definition) is 4. The van der Waals surface area contributed by atoms with Crippen LogP contribution < -0.4 is 10.2 Å². The second-order valence-electron chi connectivity index (χ2n) is 5.56. The average Bonchev–Trinajstić information content (AvgIpc) is 2.58. The van der Waals surface area contributed by atoms with Crippen LogP contribution in [0.15, 0.2) is 36.5 Å². The van der Waals surface area contributed by atoms with Gasteiger partial charge in [0.2, 0.25) is 5.95 Å². The molecule has 5 nitrogen and oxygen atoms in total. The van der Waals surface area contributed by atoms with Gasteiger partial charge in [-0.05, 0) is 43.9 Å². The maximum Gasteiger partial charge on any atom is 0.274 e. The van der Waals surface area contributed by atoms with Gasteiger partial charge in [0, 0.05) is 25.0 Å². The van der Waals surface area contributed by atoms with Crippen molar-refractivity contribution in [1.82, 2.24) is 9.97 Å². The molecule has 0 atom stereocenters. The van der Waals surface area contributed by atoms with Crippen molar-refractivity contribution in [2.24, 2.45) is 0 Å². The van der Waals surface area contributed by atoms with Crippen molar-refractivity contribution in [3.63, 3.8) is 0 Å². The van der Waals surface area contributed by atoms with E-state index in [0.29, 0.717) is 11.6 Å². The molecule has 2 heterocycles. The van der Waals surface area contributed by atoms with Crippen LogP contribution in [0, 0.1) is 6.92 Å². The van der Waals surface area contributed by atoms with Crippen LogP contribution in [0.1, 0.15) is 35.3 Å². The number of carbonyl (C=O) groups is 1. The van der Waals surface area contributed by atoms with E-state index in [1.165, 1.54) is 6.42 Å². The van der Waals surface area contributed by atoms with E-state index in [2.05, 4.69) is 20.2 Å². The molecule has 1 aliphatic heterocycles. The summed E-state index contributed by atoms with van der Waals surface area (Å²) in [5, 5.41) is 2.91. The number of nitrogens with one attached hydrogen (secondary N) is 1. The maximum absolute atomic E-state index is 12.4. The zero-order chi connectivity index (χ0) is 15.4. The van der Waals surface area contributed by atoms with Crippen molar-refractivity contribution in [3.05, 3.63) is 47.8 Å². The highest BCUT2D eigenvalue weighted by atomic mass is 16.1. The topological polar surface area (TPSA) is 58.1 Å². The molecule has 1 aliphatic rings. The van der Waals surface area contributed by atoms with Gasteiger partial charge >= 0.3 is 0 Å². The van der Waals surface area contributed by atoms with E-state index in [-0.39, 0.29) is 5.91 Å². The van der Waals surface area contributed by atoms with Gasteiger partial charge in [-0.25, -0.2) is 9.97 Å². The van der Waals surface area contributed by atoms with E-state index < -0.39 is 0 Å². The highest BCUT2D eigenvalue weighted by Gasteiger charge is 2.16. The van der Waals surface area contributed by atoms with Gasteiger partial charge in [-0.3, -0.25) is 4.79 Å². The summed E-state index contributed by atoms with van der Waals surface area (Å²) in [5.74, 6) is 0.451. The SMILES string of the molecule is Cc1ccccc1NC(=O)c1ccnc(N2CCCCC2)n1. The molecule has 1 N–H and O–H groups in total. The second-order valence-corrected chi connectivity index (χ2v) is 5.56. The van der Waals surface area contributed by atoms with Crippen LogP contribution in [-0.2, 0) is 0 Å². The molecule has 114 valence electrons. The minimum Gasteiger partial charge on any atom is -0.341 e. The second kappa shape index (κ2) is 6.56. The summed E-state index contributed by atoms with van der Waals surface area (Å²) in [5.41, 5.74) is 2.24. The molecule has 1 aromatic heterocycles. The molecule has 22 heavy (non-hydrogen) atoms. The van der Waals surface area contributed by atoms with Gasteiger partial charge in [0.25, 0.3) is 5.91 Å². The number of aryl methyl sites for hydroxylation is 1. The standard InChI is InChI=1S/C17H20N4O/c1-13-7-3-4-8-14(13)19-16(22)15-9-10-18-17(20-15)21-11-5-2-6-12-21/h3-4,7-10H,2,5-6,11-12H2,1H3,(H,19,22). The summed E-state index contributed by atoms with van der Waals surface area (Å²) >= 11 is 0. The van der Waals surface area contributed by atoms with E-state index in [9.17, 15) is 4.79 Å². The molecule has 3 rings (SSSR count). The molecule has 0 saturated carbocycles. The summed E-state index contributed by atoms with van der Waals surface area (Å²) in [6, 6.07) is 9.36. The Labute approximate surface area is 130 Å². The van der Waals surface area contributed by atoms with Crippen molar-refractivity contribution in [1.29, 1.82) is 0 Å². The molecule has 1 aromatic carbocycles. The Morgan fingerprint density at radius 2 is 1.91 bits per heavy atom. The first-order valence-corrected chi connectivity index (χ1v) is 7.69. The summed E-state index contributed by atoms with van der Waals surface area (Å²) in [6.45, 7) is 3.89. The summed E-state index contributed by atoms with van der Waals surface area (Å²) in [6.07, 6.45) is 5.22. The number of para-hydroxylation sites is 1. The summed E-state index contributed by atoms with van der Waals surface area (Å²) in [7, 11) is 0. The molecule has 1 amide bonds. The van der Waals surface area contributed by atoms with Crippen molar-refractivity contribution in [2.45, 2.75) is 26.2 Å². The molecule has 0 radical (unpaired) electrons. The van der Waals surface area contributed by atoms with Crippen LogP contribution in [0.3, 0.4) is 0 Å². The number of carbonyl (C=O) groups excluding carboxylic acids is 1. The van der Waals surface area contributed by atoms with Crippen molar-refractivity contribution in [3.8, 4) is 0 Å². The number of piperidine rings is 1. The van der Waals surface area contributed by atoms with Crippen LogP contribution >= 0.6 is 0 Å². The summed E-state index contributed by atoms with van der Waals surface area (Å²) in [4.78, 5) is 23.3. The molecule has 0 spiro atoms. The quantitative estimate of drug-likeness (QED) is 0.946. The lowest BCUT2D eigenvalue weighted by atomic mass is 10.1. The first-order chi connectivity index (χ1) is 10.7. The predicted octanol–water partition coefficient (Wildman–Crippen LogP) is 3.03. The van der Waals surface area contributed by atoms with Crippen LogP contribution in [-0.4, -0.2) is 29.0 Å². The first kappa shape index (κ1) is 14.5. The van der Waals surface area contributed by atoms with E-state index in [0.717, 1.165) is 37.2 Å². The van der Waals surface area contributed by atoms with E-state index in [1.807, 2.05) is 31.2 Å². The molecule has 0 aliphatic carbocycles. The van der Waals surface area contributed by atoms with Gasteiger partial charge in [0.05, 0.1) is 0 Å². The Morgan fingerprint density at radius 3 is 2.68 bits per heavy atom. The number of rotatable bonds is 3. The minimum absolute atomic E-state index is 0.199. The maximum atomic E-state index is 12.4.